The zero-order valence-electron chi connectivity index (χ0n) is 19.4. The number of thioether (sulfide) groups is 1. The number of nitrogens with zero attached hydrogens (tertiary/aromatic N) is 4. The van der Waals surface area contributed by atoms with Crippen LogP contribution in [0.3, 0.4) is 0 Å². The van der Waals surface area contributed by atoms with Crippen LogP contribution in [0.1, 0.15) is 12.5 Å². The lowest BCUT2D eigenvalue weighted by molar-refractivity contribution is -0.118. The van der Waals surface area contributed by atoms with Gasteiger partial charge < -0.3 is 0 Å². The fraction of sp³-hybridized carbons (Fsp3) is 0.0714. The SMILES string of the molecule is C/C(=N/NC(=O)CSc1nnc(-c2ccc(Br)cc2)n1-c1ccccc1)c1ccc2ccccc2c1. The van der Waals surface area contributed by atoms with Crippen LogP contribution in [-0.4, -0.2) is 32.1 Å². The summed E-state index contributed by atoms with van der Waals surface area (Å²) in [5.74, 6) is 0.648. The number of benzene rings is 4. The van der Waals surface area contributed by atoms with E-state index in [2.05, 4.69) is 60.9 Å². The van der Waals surface area contributed by atoms with Gasteiger partial charge in [0.05, 0.1) is 11.5 Å². The van der Waals surface area contributed by atoms with Crippen LogP contribution in [0.2, 0.25) is 0 Å². The van der Waals surface area contributed by atoms with Crippen molar-refractivity contribution in [3.05, 3.63) is 107 Å². The number of hydrogen-bond acceptors (Lipinski definition) is 5. The van der Waals surface area contributed by atoms with Crippen molar-refractivity contribution in [1.82, 2.24) is 20.2 Å². The second-order valence-corrected chi connectivity index (χ2v) is 9.93. The van der Waals surface area contributed by atoms with E-state index >= 15 is 0 Å². The Morgan fingerprint density at radius 1 is 0.917 bits per heavy atom. The van der Waals surface area contributed by atoms with Crippen LogP contribution < -0.4 is 5.43 Å². The van der Waals surface area contributed by atoms with E-state index in [-0.39, 0.29) is 11.7 Å². The second-order valence-electron chi connectivity index (χ2n) is 8.07. The highest BCUT2D eigenvalue weighted by molar-refractivity contribution is 9.10. The highest BCUT2D eigenvalue weighted by Gasteiger charge is 2.17. The van der Waals surface area contributed by atoms with E-state index < -0.39 is 0 Å². The fourth-order valence-corrected chi connectivity index (χ4v) is 4.76. The number of para-hydroxylation sites is 1. The first-order valence-electron chi connectivity index (χ1n) is 11.3. The third-order valence-corrected chi connectivity index (χ3v) is 7.06. The highest BCUT2D eigenvalue weighted by atomic mass is 79.9. The van der Waals surface area contributed by atoms with Gasteiger partial charge >= 0.3 is 0 Å². The molecule has 6 nitrogen and oxygen atoms in total. The first kappa shape index (κ1) is 24.0. The smallest absolute Gasteiger partial charge is 0.250 e. The third kappa shape index (κ3) is 5.40. The van der Waals surface area contributed by atoms with Crippen LogP contribution in [0.25, 0.3) is 27.8 Å². The van der Waals surface area contributed by atoms with Crippen molar-refractivity contribution in [3.8, 4) is 17.1 Å². The van der Waals surface area contributed by atoms with Crippen molar-refractivity contribution < 1.29 is 4.79 Å². The number of fused-ring (bicyclic) bond motifs is 1. The number of nitrogens with one attached hydrogen (secondary N) is 1. The summed E-state index contributed by atoms with van der Waals surface area (Å²) in [6, 6.07) is 32.1. The molecule has 0 bridgehead atoms. The van der Waals surface area contributed by atoms with Crippen molar-refractivity contribution >= 4 is 50.1 Å². The van der Waals surface area contributed by atoms with Gasteiger partial charge in [-0.1, -0.05) is 94.4 Å². The average molecular weight is 556 g/mol. The maximum Gasteiger partial charge on any atom is 0.250 e. The highest BCUT2D eigenvalue weighted by Crippen LogP contribution is 2.28. The topological polar surface area (TPSA) is 72.2 Å². The molecule has 5 aromatic rings. The summed E-state index contributed by atoms with van der Waals surface area (Å²) in [6.45, 7) is 1.88. The summed E-state index contributed by atoms with van der Waals surface area (Å²) in [7, 11) is 0. The Morgan fingerprint density at radius 3 is 2.42 bits per heavy atom. The Bertz CT molecular complexity index is 1550. The molecule has 0 saturated heterocycles. The summed E-state index contributed by atoms with van der Waals surface area (Å²) in [5.41, 5.74) is 6.23. The number of aromatic nitrogens is 3. The summed E-state index contributed by atoms with van der Waals surface area (Å²) >= 11 is 4.79. The number of carbonyl (C=O) groups is 1. The van der Waals surface area contributed by atoms with E-state index in [1.54, 1.807) is 0 Å². The number of amides is 1. The summed E-state index contributed by atoms with van der Waals surface area (Å²) in [6.07, 6.45) is 0. The van der Waals surface area contributed by atoms with E-state index in [9.17, 15) is 4.79 Å². The number of rotatable bonds is 7. The minimum absolute atomic E-state index is 0.153. The molecular formula is C28H22BrN5OS. The molecule has 1 N–H and O–H groups in total. The molecule has 0 radical (unpaired) electrons. The molecule has 0 unspecified atom stereocenters. The lowest BCUT2D eigenvalue weighted by Crippen LogP contribution is -2.21. The van der Waals surface area contributed by atoms with E-state index in [0.29, 0.717) is 11.0 Å². The molecule has 0 aliphatic heterocycles. The van der Waals surface area contributed by atoms with Crippen molar-refractivity contribution in [1.29, 1.82) is 0 Å². The molecule has 36 heavy (non-hydrogen) atoms. The predicted octanol–water partition coefficient (Wildman–Crippen LogP) is 6.48. The zero-order valence-corrected chi connectivity index (χ0v) is 21.8. The minimum Gasteiger partial charge on any atom is -0.272 e. The molecule has 0 aliphatic rings. The van der Waals surface area contributed by atoms with Gasteiger partial charge in [0.25, 0.3) is 5.91 Å². The molecule has 0 spiro atoms. The van der Waals surface area contributed by atoms with Crippen LogP contribution >= 0.6 is 27.7 Å². The maximum atomic E-state index is 12.6. The van der Waals surface area contributed by atoms with Gasteiger partial charge in [-0.25, -0.2) is 5.43 Å². The first-order chi connectivity index (χ1) is 17.6. The van der Waals surface area contributed by atoms with Gasteiger partial charge in [-0.15, -0.1) is 10.2 Å². The van der Waals surface area contributed by atoms with E-state index in [0.717, 1.165) is 32.4 Å². The van der Waals surface area contributed by atoms with E-state index in [4.69, 9.17) is 0 Å². The Hall–Kier alpha value is -3.75. The van der Waals surface area contributed by atoms with Gasteiger partial charge in [0.15, 0.2) is 11.0 Å². The maximum absolute atomic E-state index is 12.6. The average Bonchev–Trinajstić information content (AvgIpc) is 3.35. The molecule has 4 aromatic carbocycles. The fourth-order valence-electron chi connectivity index (χ4n) is 3.75. The Labute approximate surface area is 221 Å². The number of hydrazone groups is 1. The molecule has 178 valence electrons. The summed E-state index contributed by atoms with van der Waals surface area (Å²) < 4.78 is 2.95. The number of carbonyl (C=O) groups excluding carboxylic acids is 1. The quantitative estimate of drug-likeness (QED) is 0.142. The molecule has 0 fully saturated rings. The number of hydrogen-bond donors (Lipinski definition) is 1. The van der Waals surface area contributed by atoms with Crippen molar-refractivity contribution in [2.75, 3.05) is 5.75 Å². The summed E-state index contributed by atoms with van der Waals surface area (Å²) in [5, 5.41) is 16.0. The van der Waals surface area contributed by atoms with Gasteiger partial charge in [0.1, 0.15) is 0 Å². The molecule has 1 amide bonds. The molecule has 8 heteroatoms. The predicted molar refractivity (Wildman–Crippen MR) is 150 cm³/mol. The van der Waals surface area contributed by atoms with Crippen molar-refractivity contribution in [2.24, 2.45) is 5.10 Å². The van der Waals surface area contributed by atoms with Gasteiger partial charge in [-0.05, 0) is 53.6 Å². The monoisotopic (exact) mass is 555 g/mol. The van der Waals surface area contributed by atoms with Gasteiger partial charge in [0, 0.05) is 15.7 Å². The molecular weight excluding hydrogens is 534 g/mol. The van der Waals surface area contributed by atoms with E-state index in [1.807, 2.05) is 84.3 Å². The van der Waals surface area contributed by atoms with Crippen molar-refractivity contribution in [2.45, 2.75) is 12.1 Å². The summed E-state index contributed by atoms with van der Waals surface area (Å²) in [4.78, 5) is 12.6. The normalized spacial score (nSPS) is 11.6. The molecule has 1 aromatic heterocycles. The standard InChI is InChI=1S/C28H22BrN5OS/c1-19(22-12-11-20-7-5-6-8-23(20)17-22)30-31-26(35)18-36-28-33-32-27(21-13-15-24(29)16-14-21)34(28)25-9-3-2-4-10-25/h2-17H,18H2,1H3,(H,31,35)/b30-19-. The largest absolute Gasteiger partial charge is 0.272 e. The Morgan fingerprint density at radius 2 is 1.64 bits per heavy atom. The van der Waals surface area contributed by atoms with Crippen LogP contribution in [-0.2, 0) is 4.79 Å². The van der Waals surface area contributed by atoms with Crippen molar-refractivity contribution in [3.63, 3.8) is 0 Å². The number of halogens is 1. The van der Waals surface area contributed by atoms with E-state index in [1.165, 1.54) is 17.1 Å². The second kappa shape index (κ2) is 10.9. The van der Waals surface area contributed by atoms with Gasteiger partial charge in [-0.2, -0.15) is 5.10 Å². The molecule has 0 saturated carbocycles. The van der Waals surface area contributed by atoms with Crippen LogP contribution in [0, 0.1) is 0 Å². The molecule has 0 aliphatic carbocycles. The van der Waals surface area contributed by atoms with Gasteiger partial charge in [0.2, 0.25) is 0 Å². The van der Waals surface area contributed by atoms with Gasteiger partial charge in [-0.3, -0.25) is 9.36 Å². The first-order valence-corrected chi connectivity index (χ1v) is 13.1. The van der Waals surface area contributed by atoms with Crippen LogP contribution in [0.5, 0.6) is 0 Å². The van der Waals surface area contributed by atoms with Crippen LogP contribution in [0.4, 0.5) is 0 Å². The lowest BCUT2D eigenvalue weighted by Gasteiger charge is -2.10. The third-order valence-electron chi connectivity index (χ3n) is 5.60. The minimum atomic E-state index is -0.215. The Balaban J connectivity index is 1.31. The molecule has 0 atom stereocenters. The zero-order chi connectivity index (χ0) is 24.9. The van der Waals surface area contributed by atoms with Crippen LogP contribution in [0.15, 0.2) is 112 Å². The molecule has 1 heterocycles. The lowest BCUT2D eigenvalue weighted by atomic mass is 10.0. The molecule has 5 rings (SSSR count). The Kier molecular flexibility index (Phi) is 7.25.